The molecule has 3 amide bonds. The number of nitrogens with two attached hydrogens (primary N) is 3. The predicted octanol–water partition coefficient (Wildman–Crippen LogP) is 0.801. The molecule has 2 unspecified atom stereocenters. The van der Waals surface area contributed by atoms with Gasteiger partial charge in [0.05, 0.1) is 18.5 Å². The van der Waals surface area contributed by atoms with E-state index in [1.165, 1.54) is 11.8 Å². The summed E-state index contributed by atoms with van der Waals surface area (Å²) in [7, 11) is 0. The van der Waals surface area contributed by atoms with Crippen LogP contribution in [0, 0.1) is 5.92 Å². The maximum Gasteiger partial charge on any atom is 0.521 e. The van der Waals surface area contributed by atoms with Gasteiger partial charge in [-0.2, -0.15) is 21.0 Å². The normalized spacial score (nSPS) is 25.7. The van der Waals surface area contributed by atoms with Crippen LogP contribution in [-0.4, -0.2) is 99.0 Å². The van der Waals surface area contributed by atoms with E-state index in [2.05, 4.69) is 4.99 Å². The minimum absolute atomic E-state index is 0.0131. The van der Waals surface area contributed by atoms with Gasteiger partial charge < -0.3 is 27.2 Å². The number of nitrogens with zero attached hydrogens (tertiary/aromatic N) is 3. The summed E-state index contributed by atoms with van der Waals surface area (Å²) in [5.74, 6) is -0.558. The monoisotopic (exact) mass is 531 g/mol. The Balaban J connectivity index is 2.00. The SMILES string of the molecule is CSCC(CSC(=O)[C@@H]1CCCN1C(=O)[C@@H](N)CCCN=C(N)N)C(=O)[N+]1(C(=O)O)CCC[C@H]1C. The van der Waals surface area contributed by atoms with Gasteiger partial charge >= 0.3 is 12.0 Å². The summed E-state index contributed by atoms with van der Waals surface area (Å²) in [6.45, 7) is 2.92. The number of carbonyl (C=O) groups is 4. The van der Waals surface area contributed by atoms with Gasteiger partial charge in [-0.05, 0) is 38.9 Å². The third kappa shape index (κ3) is 7.11. The van der Waals surface area contributed by atoms with Gasteiger partial charge in [0.1, 0.15) is 12.1 Å². The Bertz CT molecular complexity index is 824. The maximum atomic E-state index is 13.4. The van der Waals surface area contributed by atoms with Crippen molar-refractivity contribution in [3.8, 4) is 0 Å². The van der Waals surface area contributed by atoms with E-state index in [1.54, 1.807) is 11.8 Å². The average Bonchev–Trinajstić information content (AvgIpc) is 3.45. The number of aliphatic imine (C=N–C) groups is 1. The second-order valence-corrected chi connectivity index (χ2v) is 11.2. The predicted molar refractivity (Wildman–Crippen MR) is 139 cm³/mol. The minimum atomic E-state index is -1.12. The van der Waals surface area contributed by atoms with Gasteiger partial charge in [-0.15, -0.1) is 0 Å². The number of quaternary nitrogens is 1. The van der Waals surface area contributed by atoms with Gasteiger partial charge in [-0.25, -0.2) is 4.79 Å². The summed E-state index contributed by atoms with van der Waals surface area (Å²) in [5.41, 5.74) is 16.7. The molecule has 2 rings (SSSR count). The Kier molecular flexibility index (Phi) is 11.3. The van der Waals surface area contributed by atoms with Crippen LogP contribution in [0.4, 0.5) is 4.79 Å². The Labute approximate surface area is 215 Å². The van der Waals surface area contributed by atoms with Crippen LogP contribution >= 0.6 is 23.5 Å². The molecule has 7 N–H and O–H groups in total. The molecule has 0 saturated carbocycles. The number of hydrogen-bond donors (Lipinski definition) is 4. The average molecular weight is 532 g/mol. The highest BCUT2D eigenvalue weighted by Crippen LogP contribution is 2.33. The first-order valence-corrected chi connectivity index (χ1v) is 14.4. The first-order valence-electron chi connectivity index (χ1n) is 12.0. The number of guanidine groups is 1. The van der Waals surface area contributed by atoms with Crippen molar-refractivity contribution in [2.75, 3.05) is 37.4 Å². The van der Waals surface area contributed by atoms with Crippen molar-refractivity contribution in [3.05, 3.63) is 0 Å². The van der Waals surface area contributed by atoms with E-state index in [-0.39, 0.29) is 41.2 Å². The van der Waals surface area contributed by atoms with Crippen LogP contribution in [0.5, 0.6) is 0 Å². The van der Waals surface area contributed by atoms with Crippen molar-refractivity contribution < 1.29 is 28.8 Å². The highest BCUT2D eigenvalue weighted by molar-refractivity contribution is 8.13. The number of amides is 3. The molecule has 11 nitrogen and oxygen atoms in total. The molecule has 5 atom stereocenters. The molecule has 2 saturated heterocycles. The second-order valence-electron chi connectivity index (χ2n) is 9.23. The third-order valence-corrected chi connectivity index (χ3v) is 8.72. The zero-order valence-corrected chi connectivity index (χ0v) is 22.2. The molecule has 2 fully saturated rings. The Morgan fingerprint density at radius 3 is 2.46 bits per heavy atom. The van der Waals surface area contributed by atoms with Crippen molar-refractivity contribution in [3.63, 3.8) is 0 Å². The summed E-state index contributed by atoms with van der Waals surface area (Å²) < 4.78 is -0.567. The summed E-state index contributed by atoms with van der Waals surface area (Å²) in [4.78, 5) is 57.0. The number of thioether (sulfide) groups is 2. The molecule has 2 aliphatic heterocycles. The highest BCUT2D eigenvalue weighted by atomic mass is 32.2. The van der Waals surface area contributed by atoms with Crippen LogP contribution in [0.15, 0.2) is 4.99 Å². The van der Waals surface area contributed by atoms with Gasteiger partial charge in [-0.3, -0.25) is 14.6 Å². The van der Waals surface area contributed by atoms with Crippen molar-refractivity contribution in [2.45, 2.75) is 63.6 Å². The fourth-order valence-corrected chi connectivity index (χ4v) is 6.79. The summed E-state index contributed by atoms with van der Waals surface area (Å²) >= 11 is 2.48. The fraction of sp³-hybridized carbons (Fsp3) is 0.773. The lowest BCUT2D eigenvalue weighted by Gasteiger charge is -2.32. The first-order chi connectivity index (χ1) is 16.6. The standard InChI is InChI=1S/C22H38N6O5S2/c1-14-6-5-11-28(14,22(32)33)19(30)15(12-34-2)13-35-20(31)17-8-4-10-27(17)18(29)16(23)7-3-9-26-21(24)25/h14-17H,3-13,23H2,1-2H3,(H4-,24,25,26,32,33)/p+1/t14-,15?,16+,17+,28?/m1/s1. The fourth-order valence-electron chi connectivity index (χ4n) is 4.91. The Morgan fingerprint density at radius 2 is 1.89 bits per heavy atom. The molecule has 13 heteroatoms. The number of hydrogen-bond acceptors (Lipinski definition) is 8. The molecule has 0 aromatic heterocycles. The molecule has 198 valence electrons. The molecule has 0 aromatic carbocycles. The Hall–Kier alpha value is -1.83. The van der Waals surface area contributed by atoms with Gasteiger partial charge in [0.2, 0.25) is 11.0 Å². The van der Waals surface area contributed by atoms with E-state index < -0.39 is 28.6 Å². The number of imide groups is 1. The molecule has 2 aliphatic rings. The van der Waals surface area contributed by atoms with Crippen LogP contribution in [-0.2, 0) is 14.4 Å². The third-order valence-electron chi connectivity index (χ3n) is 6.86. The molecule has 35 heavy (non-hydrogen) atoms. The lowest BCUT2D eigenvalue weighted by molar-refractivity contribution is -0.793. The van der Waals surface area contributed by atoms with Gasteiger partial charge in [0.15, 0.2) is 5.96 Å². The number of rotatable bonds is 11. The second kappa shape index (κ2) is 13.5. The van der Waals surface area contributed by atoms with Gasteiger partial charge in [0, 0.05) is 37.4 Å². The topological polar surface area (TPSA) is 182 Å². The van der Waals surface area contributed by atoms with Crippen LogP contribution in [0.25, 0.3) is 0 Å². The van der Waals surface area contributed by atoms with Crippen LogP contribution < -0.4 is 17.2 Å². The molecule has 2 heterocycles. The van der Waals surface area contributed by atoms with E-state index in [1.807, 2.05) is 6.26 Å². The van der Waals surface area contributed by atoms with Crippen LogP contribution in [0.3, 0.4) is 0 Å². The van der Waals surface area contributed by atoms with E-state index in [9.17, 15) is 24.3 Å². The Morgan fingerprint density at radius 1 is 1.17 bits per heavy atom. The molecular formula is C22H39N6O5S2+. The van der Waals surface area contributed by atoms with Crippen molar-refractivity contribution in [2.24, 2.45) is 28.1 Å². The zero-order chi connectivity index (χ0) is 26.2. The largest absolute Gasteiger partial charge is 0.521 e. The van der Waals surface area contributed by atoms with E-state index >= 15 is 0 Å². The highest BCUT2D eigenvalue weighted by Gasteiger charge is 2.55. The lowest BCUT2D eigenvalue weighted by atomic mass is 10.1. The van der Waals surface area contributed by atoms with Gasteiger partial charge in [-0.1, -0.05) is 11.8 Å². The van der Waals surface area contributed by atoms with Crippen molar-refractivity contribution >= 4 is 52.5 Å². The molecular weight excluding hydrogens is 492 g/mol. The van der Waals surface area contributed by atoms with E-state index in [4.69, 9.17) is 17.2 Å². The smallest absolute Gasteiger partial charge is 0.435 e. The summed E-state index contributed by atoms with van der Waals surface area (Å²) in [5, 5.41) is 9.74. The minimum Gasteiger partial charge on any atom is -0.435 e. The van der Waals surface area contributed by atoms with Crippen molar-refractivity contribution in [1.82, 2.24) is 4.90 Å². The molecule has 0 aromatic rings. The lowest BCUT2D eigenvalue weighted by Crippen LogP contribution is -2.61. The number of likely N-dealkylation sites (tertiary alicyclic amines) is 2. The van der Waals surface area contributed by atoms with Crippen LogP contribution in [0.2, 0.25) is 0 Å². The summed E-state index contributed by atoms with van der Waals surface area (Å²) in [6, 6.07) is -1.62. The first kappa shape index (κ1) is 29.4. The quantitative estimate of drug-likeness (QED) is 0.129. The molecule has 0 radical (unpaired) electrons. The number of carbonyl (C=O) groups excluding carboxylic acids is 3. The van der Waals surface area contributed by atoms with E-state index in [0.717, 1.165) is 11.8 Å². The molecule has 0 bridgehead atoms. The molecule has 0 aliphatic carbocycles. The summed E-state index contributed by atoms with van der Waals surface area (Å²) in [6.07, 6.45) is 4.30. The van der Waals surface area contributed by atoms with Crippen molar-refractivity contribution in [1.29, 1.82) is 0 Å². The van der Waals surface area contributed by atoms with Crippen LogP contribution in [0.1, 0.15) is 45.4 Å². The van der Waals surface area contributed by atoms with Gasteiger partial charge in [0.25, 0.3) is 0 Å². The number of carboxylic acid groups (broad SMARTS) is 1. The molecule has 0 spiro atoms. The zero-order valence-electron chi connectivity index (χ0n) is 20.6. The maximum absolute atomic E-state index is 13.4. The van der Waals surface area contributed by atoms with E-state index in [0.29, 0.717) is 57.4 Å².